The van der Waals surface area contributed by atoms with Gasteiger partial charge in [0.2, 0.25) is 17.7 Å². The molecule has 2 aromatic rings. The number of guanidine groups is 1. The molecule has 1 fully saturated rings. The van der Waals surface area contributed by atoms with Gasteiger partial charge >= 0.3 is 0 Å². The summed E-state index contributed by atoms with van der Waals surface area (Å²) in [6.07, 6.45) is 1.78. The Morgan fingerprint density at radius 1 is 1.11 bits per heavy atom. The van der Waals surface area contributed by atoms with Gasteiger partial charge in [-0.1, -0.05) is 17.7 Å². The maximum Gasteiger partial charge on any atom is 0.250 e. The second-order valence-corrected chi connectivity index (χ2v) is 8.65. The highest BCUT2D eigenvalue weighted by atomic mass is 35.5. The van der Waals surface area contributed by atoms with Gasteiger partial charge in [0.1, 0.15) is 11.3 Å². The van der Waals surface area contributed by atoms with Gasteiger partial charge in [-0.05, 0) is 62.1 Å². The molecule has 12 heteroatoms. The van der Waals surface area contributed by atoms with Crippen molar-refractivity contribution in [3.05, 3.63) is 53.1 Å². The van der Waals surface area contributed by atoms with E-state index in [1.807, 2.05) is 0 Å². The molecule has 0 aromatic heterocycles. The van der Waals surface area contributed by atoms with E-state index in [9.17, 15) is 14.4 Å². The Balaban J connectivity index is 1.69. The Bertz CT molecular complexity index is 1150. The fourth-order valence-corrected chi connectivity index (χ4v) is 3.46. The molecule has 0 aliphatic heterocycles. The third-order valence-electron chi connectivity index (χ3n) is 5.39. The number of ether oxygens (including phenoxy) is 1. The monoisotopic (exact) mass is 501 g/mol. The molecular formula is C23H28ClN7O4. The molecule has 0 spiro atoms. The number of aliphatic imine (C=N–C) groups is 1. The van der Waals surface area contributed by atoms with Crippen LogP contribution in [-0.2, 0) is 9.59 Å². The molecular weight excluding hydrogens is 474 g/mol. The molecule has 186 valence electrons. The zero-order valence-electron chi connectivity index (χ0n) is 18.9. The van der Waals surface area contributed by atoms with E-state index in [1.54, 1.807) is 24.3 Å². The van der Waals surface area contributed by atoms with E-state index < -0.39 is 29.3 Å². The molecule has 2 aromatic carbocycles. The summed E-state index contributed by atoms with van der Waals surface area (Å²) < 4.78 is 5.86. The normalized spacial score (nSPS) is 14.3. The molecule has 0 radical (unpaired) electrons. The SMILES string of the molecule is NC(=O)c1ccc(NC(=O)C2(NC(=O)[C@@H](N)CCCN=C(N)N)CC2)c(Oc2cccc(Cl)c2)c1. The largest absolute Gasteiger partial charge is 0.455 e. The lowest BCUT2D eigenvalue weighted by Gasteiger charge is -2.21. The third kappa shape index (κ3) is 7.08. The van der Waals surface area contributed by atoms with Gasteiger partial charge in [-0.15, -0.1) is 0 Å². The molecule has 3 amide bonds. The fraction of sp³-hybridized carbons (Fsp3) is 0.304. The smallest absolute Gasteiger partial charge is 0.250 e. The summed E-state index contributed by atoms with van der Waals surface area (Å²) in [7, 11) is 0. The maximum atomic E-state index is 13.1. The van der Waals surface area contributed by atoms with Crippen LogP contribution in [0.4, 0.5) is 5.69 Å². The number of hydrogen-bond acceptors (Lipinski definition) is 6. The standard InChI is InChI=1S/C23H28ClN7O4/c24-14-3-1-4-15(12-14)35-18-11-13(19(26)32)6-7-17(18)30-21(34)23(8-9-23)31-20(33)16(25)5-2-10-29-22(27)28/h1,3-4,6-7,11-12,16H,2,5,8-10,25H2,(H2,26,32)(H,30,34)(H,31,33)(H4,27,28,29)/t16-/m0/s1. The minimum atomic E-state index is -1.08. The van der Waals surface area contributed by atoms with E-state index in [4.69, 9.17) is 39.3 Å². The molecule has 0 unspecified atom stereocenters. The van der Waals surface area contributed by atoms with Gasteiger partial charge in [0.25, 0.3) is 0 Å². The van der Waals surface area contributed by atoms with E-state index in [-0.39, 0.29) is 17.3 Å². The summed E-state index contributed by atoms with van der Waals surface area (Å²) in [5.74, 6) is -0.966. The highest BCUT2D eigenvalue weighted by Crippen LogP contribution is 2.38. The fourth-order valence-electron chi connectivity index (χ4n) is 3.28. The van der Waals surface area contributed by atoms with Gasteiger partial charge in [0, 0.05) is 17.1 Å². The second-order valence-electron chi connectivity index (χ2n) is 8.22. The Kier molecular flexibility index (Phi) is 8.15. The Labute approximate surface area is 207 Å². The van der Waals surface area contributed by atoms with Crippen molar-refractivity contribution in [2.75, 3.05) is 11.9 Å². The van der Waals surface area contributed by atoms with Crippen molar-refractivity contribution < 1.29 is 19.1 Å². The van der Waals surface area contributed by atoms with Crippen molar-refractivity contribution in [3.63, 3.8) is 0 Å². The molecule has 3 rings (SSSR count). The van der Waals surface area contributed by atoms with Crippen molar-refractivity contribution in [1.29, 1.82) is 0 Å². The predicted octanol–water partition coefficient (Wildman–Crippen LogP) is 1.20. The summed E-state index contributed by atoms with van der Waals surface area (Å²) in [6.45, 7) is 0.353. The van der Waals surface area contributed by atoms with Crippen LogP contribution in [-0.4, -0.2) is 41.8 Å². The molecule has 10 N–H and O–H groups in total. The van der Waals surface area contributed by atoms with E-state index >= 15 is 0 Å². The van der Waals surface area contributed by atoms with Crippen LogP contribution in [0.15, 0.2) is 47.5 Å². The lowest BCUT2D eigenvalue weighted by molar-refractivity contribution is -0.128. The second kappa shape index (κ2) is 11.1. The Hall–Kier alpha value is -3.83. The summed E-state index contributed by atoms with van der Waals surface area (Å²) in [6, 6.07) is 10.2. The minimum Gasteiger partial charge on any atom is -0.455 e. The summed E-state index contributed by atoms with van der Waals surface area (Å²) in [5, 5.41) is 5.98. The zero-order chi connectivity index (χ0) is 25.6. The van der Waals surface area contributed by atoms with E-state index in [1.165, 1.54) is 18.2 Å². The molecule has 1 atom stereocenters. The zero-order valence-corrected chi connectivity index (χ0v) is 19.7. The van der Waals surface area contributed by atoms with Gasteiger partial charge in [-0.2, -0.15) is 0 Å². The van der Waals surface area contributed by atoms with Crippen molar-refractivity contribution in [3.8, 4) is 11.5 Å². The molecule has 1 aliphatic rings. The van der Waals surface area contributed by atoms with Crippen molar-refractivity contribution in [2.45, 2.75) is 37.3 Å². The van der Waals surface area contributed by atoms with Crippen LogP contribution < -0.4 is 38.3 Å². The summed E-state index contributed by atoms with van der Waals surface area (Å²) in [4.78, 5) is 41.1. The van der Waals surface area contributed by atoms with Crippen LogP contribution >= 0.6 is 11.6 Å². The number of halogens is 1. The van der Waals surface area contributed by atoms with Crippen LogP contribution in [0.5, 0.6) is 11.5 Å². The van der Waals surface area contributed by atoms with E-state index in [2.05, 4.69) is 15.6 Å². The lowest BCUT2D eigenvalue weighted by atomic mass is 10.1. The average molecular weight is 502 g/mol. The van der Waals surface area contributed by atoms with E-state index in [0.29, 0.717) is 48.7 Å². The number of carbonyl (C=O) groups excluding carboxylic acids is 3. The molecule has 1 saturated carbocycles. The highest BCUT2D eigenvalue weighted by Gasteiger charge is 2.51. The molecule has 0 bridgehead atoms. The van der Waals surface area contributed by atoms with E-state index in [0.717, 1.165) is 0 Å². The summed E-state index contributed by atoms with van der Waals surface area (Å²) in [5.41, 5.74) is 21.3. The number of hydrogen-bond donors (Lipinski definition) is 6. The Morgan fingerprint density at radius 2 is 1.86 bits per heavy atom. The number of carbonyl (C=O) groups is 3. The maximum absolute atomic E-state index is 13.1. The van der Waals surface area contributed by atoms with Crippen LogP contribution in [0, 0.1) is 0 Å². The lowest BCUT2D eigenvalue weighted by Crippen LogP contribution is -2.51. The number of primary amides is 1. The van der Waals surface area contributed by atoms with Crippen LogP contribution in [0.1, 0.15) is 36.0 Å². The number of rotatable bonds is 11. The highest BCUT2D eigenvalue weighted by molar-refractivity contribution is 6.30. The Morgan fingerprint density at radius 3 is 2.49 bits per heavy atom. The first kappa shape index (κ1) is 25.8. The van der Waals surface area contributed by atoms with Crippen molar-refractivity contribution in [1.82, 2.24) is 5.32 Å². The number of anilines is 1. The van der Waals surface area contributed by atoms with Gasteiger partial charge < -0.3 is 38.3 Å². The molecule has 1 aliphatic carbocycles. The van der Waals surface area contributed by atoms with Gasteiger partial charge in [0.15, 0.2) is 11.7 Å². The quantitative estimate of drug-likeness (QED) is 0.151. The average Bonchev–Trinajstić information content (AvgIpc) is 3.58. The molecule has 0 heterocycles. The minimum absolute atomic E-state index is 0.0285. The van der Waals surface area contributed by atoms with Crippen molar-refractivity contribution in [2.24, 2.45) is 27.9 Å². The topological polar surface area (TPSA) is 201 Å². The number of benzene rings is 2. The number of nitrogens with zero attached hydrogens (tertiary/aromatic N) is 1. The first-order valence-electron chi connectivity index (χ1n) is 10.9. The molecule has 35 heavy (non-hydrogen) atoms. The van der Waals surface area contributed by atoms with Gasteiger partial charge in [-0.25, -0.2) is 0 Å². The van der Waals surface area contributed by atoms with Crippen molar-refractivity contribution >= 4 is 41.0 Å². The third-order valence-corrected chi connectivity index (χ3v) is 5.62. The first-order valence-corrected chi connectivity index (χ1v) is 11.3. The summed E-state index contributed by atoms with van der Waals surface area (Å²) >= 11 is 6.02. The van der Waals surface area contributed by atoms with Gasteiger partial charge in [-0.3, -0.25) is 19.4 Å². The first-order chi connectivity index (χ1) is 16.6. The number of nitrogens with two attached hydrogens (primary N) is 4. The predicted molar refractivity (Wildman–Crippen MR) is 133 cm³/mol. The van der Waals surface area contributed by atoms with Crippen LogP contribution in [0.25, 0.3) is 0 Å². The van der Waals surface area contributed by atoms with Gasteiger partial charge in [0.05, 0.1) is 11.7 Å². The molecule has 11 nitrogen and oxygen atoms in total. The van der Waals surface area contributed by atoms with Crippen LogP contribution in [0.3, 0.4) is 0 Å². The van der Waals surface area contributed by atoms with Crippen LogP contribution in [0.2, 0.25) is 5.02 Å². The number of nitrogens with one attached hydrogen (secondary N) is 2. The molecule has 0 saturated heterocycles. The number of amides is 3.